The Balaban J connectivity index is 1.93. The lowest BCUT2D eigenvalue weighted by molar-refractivity contribution is -0.111. The monoisotopic (exact) mass is 238 g/mol. The first-order valence-corrected chi connectivity index (χ1v) is 6.81. The Hall–Kier alpha value is -1.63. The minimum Gasteiger partial charge on any atom is -0.303 e. The van der Waals surface area contributed by atoms with Crippen LogP contribution in [-0.4, -0.2) is 6.29 Å². The van der Waals surface area contributed by atoms with Crippen molar-refractivity contribution in [1.82, 2.24) is 0 Å². The van der Waals surface area contributed by atoms with Crippen molar-refractivity contribution >= 4 is 17.1 Å². The van der Waals surface area contributed by atoms with Gasteiger partial charge in [0.05, 0.1) is 0 Å². The Morgan fingerprint density at radius 1 is 0.889 bits per heavy atom. The standard InChI is InChI=1S/C17H18O/c18-12-13-8-10-15(11-9-13)17-7-3-5-14-4-1-2-6-16(14)17/h1-7,12-13,15H,8-11H2. The van der Waals surface area contributed by atoms with Crippen molar-refractivity contribution in [2.45, 2.75) is 31.6 Å². The number of carbonyl (C=O) groups excluding carboxylic acids is 1. The molecule has 1 saturated carbocycles. The molecule has 18 heavy (non-hydrogen) atoms. The largest absolute Gasteiger partial charge is 0.303 e. The molecule has 1 fully saturated rings. The van der Waals surface area contributed by atoms with Crippen molar-refractivity contribution < 1.29 is 4.79 Å². The van der Waals surface area contributed by atoms with Gasteiger partial charge in [-0.05, 0) is 47.9 Å². The third-order valence-electron chi connectivity index (χ3n) is 4.23. The summed E-state index contributed by atoms with van der Waals surface area (Å²) in [6.07, 6.45) is 5.54. The summed E-state index contributed by atoms with van der Waals surface area (Å²) in [7, 11) is 0. The van der Waals surface area contributed by atoms with Crippen molar-refractivity contribution in [1.29, 1.82) is 0 Å². The molecule has 0 radical (unpaired) electrons. The molecule has 0 saturated heterocycles. The highest BCUT2D eigenvalue weighted by Gasteiger charge is 2.22. The van der Waals surface area contributed by atoms with Crippen molar-refractivity contribution in [3.05, 3.63) is 48.0 Å². The van der Waals surface area contributed by atoms with Gasteiger partial charge in [0.25, 0.3) is 0 Å². The van der Waals surface area contributed by atoms with E-state index in [1.165, 1.54) is 16.3 Å². The Labute approximate surface area is 108 Å². The third kappa shape index (κ3) is 2.05. The van der Waals surface area contributed by atoms with Crippen LogP contribution in [0.5, 0.6) is 0 Å². The predicted octanol–water partition coefficient (Wildman–Crippen LogP) is 4.31. The SMILES string of the molecule is O=CC1CCC(c2cccc3ccccc23)CC1. The van der Waals surface area contributed by atoms with Crippen LogP contribution in [-0.2, 0) is 4.79 Å². The first kappa shape index (κ1) is 11.5. The zero-order valence-electron chi connectivity index (χ0n) is 10.5. The zero-order valence-corrected chi connectivity index (χ0v) is 10.5. The van der Waals surface area contributed by atoms with E-state index in [9.17, 15) is 4.79 Å². The number of benzene rings is 2. The molecule has 1 aliphatic rings. The van der Waals surface area contributed by atoms with Crippen LogP contribution in [0.2, 0.25) is 0 Å². The molecule has 2 aromatic carbocycles. The van der Waals surface area contributed by atoms with E-state index in [0.717, 1.165) is 32.0 Å². The fraction of sp³-hybridized carbons (Fsp3) is 0.353. The third-order valence-corrected chi connectivity index (χ3v) is 4.23. The number of hydrogen-bond donors (Lipinski definition) is 0. The van der Waals surface area contributed by atoms with E-state index in [0.29, 0.717) is 11.8 Å². The predicted molar refractivity (Wildman–Crippen MR) is 74.7 cm³/mol. The molecule has 0 atom stereocenters. The summed E-state index contributed by atoms with van der Waals surface area (Å²) in [4.78, 5) is 10.8. The van der Waals surface area contributed by atoms with Crippen molar-refractivity contribution in [2.75, 3.05) is 0 Å². The Morgan fingerprint density at radius 2 is 1.61 bits per heavy atom. The van der Waals surface area contributed by atoms with E-state index in [-0.39, 0.29) is 0 Å². The molecule has 0 heterocycles. The number of carbonyl (C=O) groups is 1. The van der Waals surface area contributed by atoms with Gasteiger partial charge in [-0.1, -0.05) is 42.5 Å². The van der Waals surface area contributed by atoms with Crippen molar-refractivity contribution in [2.24, 2.45) is 5.92 Å². The highest BCUT2D eigenvalue weighted by atomic mass is 16.1. The molecular formula is C17H18O. The summed E-state index contributed by atoms with van der Waals surface area (Å²) in [6.45, 7) is 0. The molecule has 92 valence electrons. The first-order valence-electron chi connectivity index (χ1n) is 6.81. The molecule has 0 amide bonds. The average Bonchev–Trinajstić information content (AvgIpc) is 2.47. The summed E-state index contributed by atoms with van der Waals surface area (Å²) in [5, 5.41) is 2.71. The van der Waals surface area contributed by atoms with Gasteiger partial charge in [0.15, 0.2) is 0 Å². The maximum Gasteiger partial charge on any atom is 0.123 e. The topological polar surface area (TPSA) is 17.1 Å². The van der Waals surface area contributed by atoms with Gasteiger partial charge >= 0.3 is 0 Å². The van der Waals surface area contributed by atoms with Gasteiger partial charge in [-0.3, -0.25) is 0 Å². The second-order valence-corrected chi connectivity index (χ2v) is 5.32. The lowest BCUT2D eigenvalue weighted by atomic mass is 9.78. The van der Waals surface area contributed by atoms with Crippen molar-refractivity contribution in [3.63, 3.8) is 0 Å². The van der Waals surface area contributed by atoms with E-state index < -0.39 is 0 Å². The highest BCUT2D eigenvalue weighted by molar-refractivity contribution is 5.86. The average molecular weight is 238 g/mol. The minimum atomic E-state index is 0.302. The van der Waals surface area contributed by atoms with Crippen LogP contribution < -0.4 is 0 Å². The normalized spacial score (nSPS) is 24.0. The van der Waals surface area contributed by atoms with E-state index in [2.05, 4.69) is 42.5 Å². The van der Waals surface area contributed by atoms with Crippen LogP contribution in [0, 0.1) is 5.92 Å². The molecule has 0 aliphatic heterocycles. The lowest BCUT2D eigenvalue weighted by Crippen LogP contribution is -2.14. The van der Waals surface area contributed by atoms with E-state index >= 15 is 0 Å². The van der Waals surface area contributed by atoms with E-state index in [1.807, 2.05) is 0 Å². The molecule has 0 N–H and O–H groups in total. The molecule has 2 aromatic rings. The molecule has 0 unspecified atom stereocenters. The van der Waals surface area contributed by atoms with Gasteiger partial charge < -0.3 is 4.79 Å². The zero-order chi connectivity index (χ0) is 12.4. The van der Waals surface area contributed by atoms with E-state index in [1.54, 1.807) is 0 Å². The van der Waals surface area contributed by atoms with Crippen molar-refractivity contribution in [3.8, 4) is 0 Å². The molecule has 1 heteroatoms. The minimum absolute atomic E-state index is 0.302. The molecule has 0 bridgehead atoms. The van der Waals surface area contributed by atoms with Gasteiger partial charge in [-0.15, -0.1) is 0 Å². The molecule has 0 aromatic heterocycles. The molecule has 3 rings (SSSR count). The molecule has 1 nitrogen and oxygen atoms in total. The second kappa shape index (κ2) is 4.93. The Bertz CT molecular complexity index is 545. The molecule has 1 aliphatic carbocycles. The number of hydrogen-bond acceptors (Lipinski definition) is 1. The van der Waals surface area contributed by atoms with Crippen LogP contribution in [0.1, 0.15) is 37.2 Å². The summed E-state index contributed by atoms with van der Waals surface area (Å²) < 4.78 is 0. The van der Waals surface area contributed by atoms with Gasteiger partial charge in [-0.25, -0.2) is 0 Å². The Kier molecular flexibility index (Phi) is 3.14. The quantitative estimate of drug-likeness (QED) is 0.712. The fourth-order valence-electron chi connectivity index (χ4n) is 3.17. The molecule has 0 spiro atoms. The smallest absolute Gasteiger partial charge is 0.123 e. The summed E-state index contributed by atoms with van der Waals surface area (Å²) in [6, 6.07) is 15.2. The summed E-state index contributed by atoms with van der Waals surface area (Å²) in [5.74, 6) is 0.934. The highest BCUT2D eigenvalue weighted by Crippen LogP contribution is 2.37. The fourth-order valence-corrected chi connectivity index (χ4v) is 3.17. The van der Waals surface area contributed by atoms with Crippen LogP contribution in [0.15, 0.2) is 42.5 Å². The van der Waals surface area contributed by atoms with Gasteiger partial charge in [0.1, 0.15) is 6.29 Å². The van der Waals surface area contributed by atoms with Crippen LogP contribution in [0.25, 0.3) is 10.8 Å². The lowest BCUT2D eigenvalue weighted by Gasteiger charge is -2.26. The van der Waals surface area contributed by atoms with E-state index in [4.69, 9.17) is 0 Å². The Morgan fingerprint density at radius 3 is 2.39 bits per heavy atom. The maximum atomic E-state index is 10.8. The number of aldehydes is 1. The maximum absolute atomic E-state index is 10.8. The summed E-state index contributed by atoms with van der Waals surface area (Å²) >= 11 is 0. The van der Waals surface area contributed by atoms with Crippen LogP contribution >= 0.6 is 0 Å². The second-order valence-electron chi connectivity index (χ2n) is 5.32. The van der Waals surface area contributed by atoms with Crippen LogP contribution in [0.3, 0.4) is 0 Å². The first-order chi connectivity index (χ1) is 8.88. The van der Waals surface area contributed by atoms with Crippen LogP contribution in [0.4, 0.5) is 0 Å². The molecular weight excluding hydrogens is 220 g/mol. The summed E-state index contributed by atoms with van der Waals surface area (Å²) in [5.41, 5.74) is 1.47. The van der Waals surface area contributed by atoms with Gasteiger partial charge in [0, 0.05) is 5.92 Å². The number of rotatable bonds is 2. The van der Waals surface area contributed by atoms with Gasteiger partial charge in [-0.2, -0.15) is 0 Å². The number of fused-ring (bicyclic) bond motifs is 1. The van der Waals surface area contributed by atoms with Gasteiger partial charge in [0.2, 0.25) is 0 Å².